The van der Waals surface area contributed by atoms with Gasteiger partial charge in [0, 0.05) is 5.69 Å². The Kier molecular flexibility index (Phi) is 5.36. The van der Waals surface area contributed by atoms with Crippen molar-refractivity contribution in [2.75, 3.05) is 17.2 Å². The molecule has 5 heteroatoms. The van der Waals surface area contributed by atoms with Crippen LogP contribution in [0.1, 0.15) is 28.4 Å². The van der Waals surface area contributed by atoms with E-state index in [1.807, 2.05) is 32.0 Å². The van der Waals surface area contributed by atoms with Gasteiger partial charge in [-0.3, -0.25) is 0 Å². The predicted octanol–water partition coefficient (Wildman–Crippen LogP) is 4.12. The lowest BCUT2D eigenvalue weighted by atomic mass is 10.1. The molecular formula is C18H20N2O3. The molecule has 5 nitrogen and oxygen atoms in total. The number of anilines is 2. The number of aryl methyl sites for hydroxylation is 2. The number of rotatable bonds is 4. The second-order valence-electron chi connectivity index (χ2n) is 5.16. The maximum atomic E-state index is 12.2. The molecule has 0 bridgehead atoms. The Bertz CT molecular complexity index is 726. The molecule has 0 aliphatic rings. The van der Waals surface area contributed by atoms with Gasteiger partial charge in [0.1, 0.15) is 0 Å². The molecule has 0 radical (unpaired) electrons. The van der Waals surface area contributed by atoms with Crippen molar-refractivity contribution in [2.45, 2.75) is 20.8 Å². The van der Waals surface area contributed by atoms with E-state index in [1.54, 1.807) is 31.2 Å². The molecule has 0 unspecified atom stereocenters. The first-order valence-corrected chi connectivity index (χ1v) is 7.42. The third-order valence-electron chi connectivity index (χ3n) is 3.31. The highest BCUT2D eigenvalue weighted by Crippen LogP contribution is 2.19. The zero-order valence-corrected chi connectivity index (χ0v) is 13.5. The largest absolute Gasteiger partial charge is 0.462 e. The summed E-state index contributed by atoms with van der Waals surface area (Å²) in [4.78, 5) is 24.1. The van der Waals surface area contributed by atoms with Crippen LogP contribution >= 0.6 is 0 Å². The molecule has 2 amide bonds. The molecule has 120 valence electrons. The number of urea groups is 1. The number of ether oxygens (including phenoxy) is 1. The van der Waals surface area contributed by atoms with Crippen LogP contribution in [-0.4, -0.2) is 18.6 Å². The highest BCUT2D eigenvalue weighted by Gasteiger charge is 2.14. The van der Waals surface area contributed by atoms with Crippen LogP contribution < -0.4 is 10.6 Å². The van der Waals surface area contributed by atoms with Crippen LogP contribution in [0, 0.1) is 13.8 Å². The topological polar surface area (TPSA) is 67.4 Å². The van der Waals surface area contributed by atoms with E-state index in [2.05, 4.69) is 10.6 Å². The molecule has 2 rings (SSSR count). The fraction of sp³-hybridized carbons (Fsp3) is 0.222. The predicted molar refractivity (Wildman–Crippen MR) is 91.0 cm³/mol. The first-order valence-electron chi connectivity index (χ1n) is 7.42. The van der Waals surface area contributed by atoms with Crippen molar-refractivity contribution >= 4 is 23.4 Å². The number of amides is 2. The van der Waals surface area contributed by atoms with Crippen molar-refractivity contribution in [3.63, 3.8) is 0 Å². The molecule has 2 N–H and O–H groups in total. The maximum Gasteiger partial charge on any atom is 0.340 e. The van der Waals surface area contributed by atoms with Gasteiger partial charge >= 0.3 is 12.0 Å². The molecule has 0 saturated carbocycles. The van der Waals surface area contributed by atoms with Gasteiger partial charge in [-0.2, -0.15) is 0 Å². The Morgan fingerprint density at radius 1 is 1.00 bits per heavy atom. The number of carbonyl (C=O) groups is 2. The lowest BCUT2D eigenvalue weighted by Gasteiger charge is -2.13. The smallest absolute Gasteiger partial charge is 0.340 e. The zero-order chi connectivity index (χ0) is 16.8. The number of carbonyl (C=O) groups excluding carboxylic acids is 2. The van der Waals surface area contributed by atoms with E-state index in [0.717, 1.165) is 16.8 Å². The Morgan fingerprint density at radius 2 is 1.70 bits per heavy atom. The minimum absolute atomic E-state index is 0.280. The summed E-state index contributed by atoms with van der Waals surface area (Å²) in [7, 11) is 0. The van der Waals surface area contributed by atoms with Crippen molar-refractivity contribution in [1.29, 1.82) is 0 Å². The molecule has 0 aliphatic carbocycles. The molecule has 2 aromatic carbocycles. The highest BCUT2D eigenvalue weighted by molar-refractivity contribution is 6.05. The molecule has 2 aromatic rings. The third kappa shape index (κ3) is 4.32. The van der Waals surface area contributed by atoms with Crippen molar-refractivity contribution in [2.24, 2.45) is 0 Å². The molecule has 0 spiro atoms. The van der Waals surface area contributed by atoms with E-state index in [9.17, 15) is 9.59 Å². The average molecular weight is 312 g/mol. The van der Waals surface area contributed by atoms with Crippen LogP contribution in [0.3, 0.4) is 0 Å². The van der Waals surface area contributed by atoms with Gasteiger partial charge in [0.05, 0.1) is 17.9 Å². The van der Waals surface area contributed by atoms with Gasteiger partial charge in [-0.25, -0.2) is 9.59 Å². The monoisotopic (exact) mass is 312 g/mol. The summed E-state index contributed by atoms with van der Waals surface area (Å²) in [6.07, 6.45) is 0. The van der Waals surface area contributed by atoms with Crippen molar-refractivity contribution < 1.29 is 14.3 Å². The second kappa shape index (κ2) is 7.45. The fourth-order valence-electron chi connectivity index (χ4n) is 2.13. The van der Waals surface area contributed by atoms with E-state index in [-0.39, 0.29) is 6.61 Å². The lowest BCUT2D eigenvalue weighted by Crippen LogP contribution is -2.22. The Hall–Kier alpha value is -2.82. The van der Waals surface area contributed by atoms with Crippen LogP contribution in [0.25, 0.3) is 0 Å². The van der Waals surface area contributed by atoms with Gasteiger partial charge in [-0.1, -0.05) is 24.3 Å². The quantitative estimate of drug-likeness (QED) is 0.834. The molecule has 0 atom stereocenters. The molecule has 0 saturated heterocycles. The van der Waals surface area contributed by atoms with Crippen LogP contribution in [0.4, 0.5) is 16.2 Å². The summed E-state index contributed by atoms with van der Waals surface area (Å²) in [5, 5.41) is 5.49. The highest BCUT2D eigenvalue weighted by atomic mass is 16.5. The first kappa shape index (κ1) is 16.5. The summed E-state index contributed by atoms with van der Waals surface area (Å²) < 4.78 is 4.99. The molecule has 0 aromatic heterocycles. The van der Waals surface area contributed by atoms with E-state index in [4.69, 9.17) is 4.74 Å². The Morgan fingerprint density at radius 3 is 2.43 bits per heavy atom. The van der Waals surface area contributed by atoms with Gasteiger partial charge in [-0.05, 0) is 50.1 Å². The minimum Gasteiger partial charge on any atom is -0.462 e. The molecule has 23 heavy (non-hydrogen) atoms. The van der Waals surface area contributed by atoms with Gasteiger partial charge in [-0.15, -0.1) is 0 Å². The average Bonchev–Trinajstić information content (AvgIpc) is 2.51. The third-order valence-corrected chi connectivity index (χ3v) is 3.31. The molecular weight excluding hydrogens is 292 g/mol. The summed E-state index contributed by atoms with van der Waals surface area (Å²) in [5.41, 5.74) is 3.48. The maximum absolute atomic E-state index is 12.2. The summed E-state index contributed by atoms with van der Waals surface area (Å²) in [6.45, 7) is 5.89. The van der Waals surface area contributed by atoms with Gasteiger partial charge in [0.25, 0.3) is 0 Å². The first-order chi connectivity index (χ1) is 11.0. The second-order valence-corrected chi connectivity index (χ2v) is 5.16. The lowest BCUT2D eigenvalue weighted by molar-refractivity contribution is 0.0527. The molecule has 0 fully saturated rings. The zero-order valence-electron chi connectivity index (χ0n) is 13.5. The number of nitrogens with one attached hydrogen (secondary N) is 2. The van der Waals surface area contributed by atoms with Crippen LogP contribution in [0.15, 0.2) is 42.5 Å². The van der Waals surface area contributed by atoms with E-state index >= 15 is 0 Å². The summed E-state index contributed by atoms with van der Waals surface area (Å²) >= 11 is 0. The number of benzene rings is 2. The number of hydrogen-bond acceptors (Lipinski definition) is 3. The number of esters is 1. The van der Waals surface area contributed by atoms with Gasteiger partial charge in [0.2, 0.25) is 0 Å². The van der Waals surface area contributed by atoms with Crippen LogP contribution in [0.2, 0.25) is 0 Å². The van der Waals surface area contributed by atoms with E-state index in [0.29, 0.717) is 11.3 Å². The molecule has 0 heterocycles. The molecule has 0 aliphatic heterocycles. The number of hydrogen-bond donors (Lipinski definition) is 2. The van der Waals surface area contributed by atoms with Crippen molar-refractivity contribution in [3.05, 3.63) is 59.2 Å². The Balaban J connectivity index is 2.14. The van der Waals surface area contributed by atoms with Gasteiger partial charge < -0.3 is 15.4 Å². The van der Waals surface area contributed by atoms with Crippen molar-refractivity contribution in [1.82, 2.24) is 0 Å². The minimum atomic E-state index is -0.463. The van der Waals surface area contributed by atoms with Gasteiger partial charge in [0.15, 0.2) is 0 Å². The fourth-order valence-corrected chi connectivity index (χ4v) is 2.13. The Labute approximate surface area is 135 Å². The van der Waals surface area contributed by atoms with Crippen LogP contribution in [-0.2, 0) is 4.74 Å². The standard InChI is InChI=1S/C18H20N2O3/c1-4-23-17(21)14-7-5-6-8-15(14)19-18(22)20-16-11-12(2)9-10-13(16)3/h5-11H,4H2,1-3H3,(H2,19,20,22). The number of para-hydroxylation sites is 1. The van der Waals surface area contributed by atoms with E-state index < -0.39 is 12.0 Å². The summed E-state index contributed by atoms with van der Waals surface area (Å²) in [5.74, 6) is -0.463. The van der Waals surface area contributed by atoms with E-state index in [1.165, 1.54) is 0 Å². The summed E-state index contributed by atoms with van der Waals surface area (Å²) in [6, 6.07) is 12.2. The SMILES string of the molecule is CCOC(=O)c1ccccc1NC(=O)Nc1cc(C)ccc1C. The normalized spacial score (nSPS) is 10.0. The van der Waals surface area contributed by atoms with Crippen LogP contribution in [0.5, 0.6) is 0 Å². The van der Waals surface area contributed by atoms with Crippen molar-refractivity contribution in [3.8, 4) is 0 Å².